The van der Waals surface area contributed by atoms with Gasteiger partial charge in [-0.25, -0.2) is 0 Å². The maximum absolute atomic E-state index is 11.5. The van der Waals surface area contributed by atoms with Crippen molar-refractivity contribution < 1.29 is 4.79 Å². The Morgan fingerprint density at radius 3 is 2.27 bits per heavy atom. The molecule has 0 radical (unpaired) electrons. The van der Waals surface area contributed by atoms with Gasteiger partial charge < -0.3 is 10.6 Å². The van der Waals surface area contributed by atoms with Crippen molar-refractivity contribution in [3.05, 3.63) is 0 Å². The lowest BCUT2D eigenvalue weighted by atomic mass is 10.1. The average molecular weight is 214 g/mol. The fraction of sp³-hybridized carbons (Fsp3) is 0.917. The lowest BCUT2D eigenvalue weighted by Gasteiger charge is -2.18. The van der Waals surface area contributed by atoms with E-state index in [4.69, 9.17) is 0 Å². The van der Waals surface area contributed by atoms with Crippen molar-refractivity contribution in [2.75, 3.05) is 6.54 Å². The number of hydrogen-bond donors (Lipinski definition) is 2. The Morgan fingerprint density at radius 2 is 1.80 bits per heavy atom. The van der Waals surface area contributed by atoms with Gasteiger partial charge in [0, 0.05) is 12.1 Å². The van der Waals surface area contributed by atoms with E-state index < -0.39 is 0 Å². The highest BCUT2D eigenvalue weighted by molar-refractivity contribution is 5.78. The van der Waals surface area contributed by atoms with Crippen molar-refractivity contribution in [3.63, 3.8) is 0 Å². The highest BCUT2D eigenvalue weighted by atomic mass is 16.1. The number of nitrogens with one attached hydrogen (secondary N) is 2. The molecule has 0 bridgehead atoms. The minimum atomic E-state index is 0.0964. The minimum Gasteiger partial charge on any atom is -0.352 e. The van der Waals surface area contributed by atoms with Crippen LogP contribution in [0.4, 0.5) is 0 Å². The number of carbonyl (C=O) groups is 1. The monoisotopic (exact) mass is 214 g/mol. The smallest absolute Gasteiger partial charge is 0.234 e. The third-order valence-corrected chi connectivity index (χ3v) is 2.72. The summed E-state index contributed by atoms with van der Waals surface area (Å²) in [5, 5.41) is 6.19. The number of rotatable bonds is 7. The first-order valence-corrected chi connectivity index (χ1v) is 6.00. The van der Waals surface area contributed by atoms with E-state index in [1.54, 1.807) is 0 Å². The van der Waals surface area contributed by atoms with Gasteiger partial charge in [-0.05, 0) is 26.2 Å². The lowest BCUT2D eigenvalue weighted by molar-refractivity contribution is -0.121. The van der Waals surface area contributed by atoms with Gasteiger partial charge in [0.05, 0.1) is 6.54 Å². The van der Waals surface area contributed by atoms with E-state index in [1.165, 1.54) is 0 Å². The number of amides is 1. The summed E-state index contributed by atoms with van der Waals surface area (Å²) in [6.45, 7) is 11.0. The third-order valence-electron chi connectivity index (χ3n) is 2.72. The van der Waals surface area contributed by atoms with E-state index in [0.717, 1.165) is 12.8 Å². The lowest BCUT2D eigenvalue weighted by Crippen LogP contribution is -2.43. The molecule has 0 fully saturated rings. The standard InChI is InChI=1S/C12H26N2O/c1-6-7-10(4)13-8-12(15)14-11(5)9(2)3/h9-11,13H,6-8H2,1-5H3,(H,14,15). The van der Waals surface area contributed by atoms with Crippen LogP contribution in [0, 0.1) is 5.92 Å². The highest BCUT2D eigenvalue weighted by Gasteiger charge is 2.10. The van der Waals surface area contributed by atoms with E-state index in [1.807, 2.05) is 6.92 Å². The molecule has 0 aromatic rings. The average Bonchev–Trinajstić information content (AvgIpc) is 2.15. The maximum Gasteiger partial charge on any atom is 0.234 e. The molecule has 0 aliphatic heterocycles. The van der Waals surface area contributed by atoms with Crippen LogP contribution in [-0.4, -0.2) is 24.5 Å². The van der Waals surface area contributed by atoms with Crippen molar-refractivity contribution >= 4 is 5.91 Å². The van der Waals surface area contributed by atoms with Crippen molar-refractivity contribution in [2.45, 2.75) is 59.5 Å². The van der Waals surface area contributed by atoms with Gasteiger partial charge >= 0.3 is 0 Å². The van der Waals surface area contributed by atoms with Crippen molar-refractivity contribution in [3.8, 4) is 0 Å². The van der Waals surface area contributed by atoms with Crippen molar-refractivity contribution in [1.82, 2.24) is 10.6 Å². The van der Waals surface area contributed by atoms with Crippen LogP contribution in [0.3, 0.4) is 0 Å². The van der Waals surface area contributed by atoms with Crippen LogP contribution < -0.4 is 10.6 Å². The molecule has 90 valence electrons. The molecule has 0 saturated carbocycles. The Morgan fingerprint density at radius 1 is 1.20 bits per heavy atom. The van der Waals surface area contributed by atoms with Gasteiger partial charge in [0.25, 0.3) is 0 Å². The molecule has 0 rings (SSSR count). The van der Waals surface area contributed by atoms with Crippen LogP contribution in [0.15, 0.2) is 0 Å². The molecule has 2 unspecified atom stereocenters. The van der Waals surface area contributed by atoms with Crippen LogP contribution in [-0.2, 0) is 4.79 Å². The zero-order valence-corrected chi connectivity index (χ0v) is 10.8. The Kier molecular flexibility index (Phi) is 7.39. The zero-order valence-electron chi connectivity index (χ0n) is 10.8. The predicted molar refractivity (Wildman–Crippen MR) is 64.8 cm³/mol. The van der Waals surface area contributed by atoms with E-state index in [-0.39, 0.29) is 11.9 Å². The van der Waals surface area contributed by atoms with Crippen LogP contribution in [0.2, 0.25) is 0 Å². The number of carbonyl (C=O) groups excluding carboxylic acids is 1. The molecular weight excluding hydrogens is 188 g/mol. The van der Waals surface area contributed by atoms with E-state index in [9.17, 15) is 4.79 Å². The summed E-state index contributed by atoms with van der Waals surface area (Å²) < 4.78 is 0. The summed E-state index contributed by atoms with van der Waals surface area (Å²) in [4.78, 5) is 11.5. The predicted octanol–water partition coefficient (Wildman–Crippen LogP) is 1.93. The van der Waals surface area contributed by atoms with E-state index in [0.29, 0.717) is 18.5 Å². The van der Waals surface area contributed by atoms with E-state index >= 15 is 0 Å². The highest BCUT2D eigenvalue weighted by Crippen LogP contribution is 1.99. The molecule has 3 nitrogen and oxygen atoms in total. The zero-order chi connectivity index (χ0) is 11.8. The van der Waals surface area contributed by atoms with Crippen molar-refractivity contribution in [1.29, 1.82) is 0 Å². The van der Waals surface area contributed by atoms with Gasteiger partial charge in [-0.2, -0.15) is 0 Å². The van der Waals surface area contributed by atoms with Gasteiger partial charge in [0.2, 0.25) is 5.91 Å². The molecule has 2 N–H and O–H groups in total. The largest absolute Gasteiger partial charge is 0.352 e. The quantitative estimate of drug-likeness (QED) is 0.680. The molecule has 1 amide bonds. The Labute approximate surface area is 94.0 Å². The summed E-state index contributed by atoms with van der Waals surface area (Å²) in [7, 11) is 0. The summed E-state index contributed by atoms with van der Waals surface area (Å²) in [5.74, 6) is 0.584. The fourth-order valence-electron chi connectivity index (χ4n) is 1.27. The fourth-order valence-corrected chi connectivity index (χ4v) is 1.27. The first kappa shape index (κ1) is 14.4. The molecule has 0 saturated heterocycles. The molecule has 0 aliphatic carbocycles. The second-order valence-corrected chi connectivity index (χ2v) is 4.67. The summed E-state index contributed by atoms with van der Waals surface area (Å²) in [6.07, 6.45) is 2.27. The summed E-state index contributed by atoms with van der Waals surface area (Å²) in [5.41, 5.74) is 0. The molecule has 3 heteroatoms. The van der Waals surface area contributed by atoms with Crippen LogP contribution in [0.25, 0.3) is 0 Å². The molecule has 0 aromatic heterocycles. The Bertz CT molecular complexity index is 180. The SMILES string of the molecule is CCCC(C)NCC(=O)NC(C)C(C)C. The molecule has 0 heterocycles. The van der Waals surface area contributed by atoms with Gasteiger partial charge in [-0.3, -0.25) is 4.79 Å². The Hall–Kier alpha value is -0.570. The molecule has 15 heavy (non-hydrogen) atoms. The van der Waals surface area contributed by atoms with Gasteiger partial charge in [0.15, 0.2) is 0 Å². The Balaban J connectivity index is 3.66. The minimum absolute atomic E-state index is 0.0964. The molecular formula is C12H26N2O. The molecule has 0 aromatic carbocycles. The topological polar surface area (TPSA) is 41.1 Å². The van der Waals surface area contributed by atoms with Crippen LogP contribution in [0.1, 0.15) is 47.5 Å². The second-order valence-electron chi connectivity index (χ2n) is 4.67. The summed E-state index contributed by atoms with van der Waals surface area (Å²) in [6, 6.07) is 0.677. The molecule has 2 atom stereocenters. The van der Waals surface area contributed by atoms with Gasteiger partial charge in [0.1, 0.15) is 0 Å². The second kappa shape index (κ2) is 7.69. The summed E-state index contributed by atoms with van der Waals surface area (Å²) >= 11 is 0. The maximum atomic E-state index is 11.5. The van der Waals surface area contributed by atoms with Crippen molar-refractivity contribution in [2.24, 2.45) is 5.92 Å². The molecule has 0 spiro atoms. The van der Waals surface area contributed by atoms with Gasteiger partial charge in [-0.15, -0.1) is 0 Å². The van der Waals surface area contributed by atoms with Crippen LogP contribution in [0.5, 0.6) is 0 Å². The first-order valence-electron chi connectivity index (χ1n) is 6.00. The van der Waals surface area contributed by atoms with E-state index in [2.05, 4.69) is 38.3 Å². The normalized spacial score (nSPS) is 15.1. The van der Waals surface area contributed by atoms with Gasteiger partial charge in [-0.1, -0.05) is 27.2 Å². The third kappa shape index (κ3) is 7.37. The van der Waals surface area contributed by atoms with Crippen LogP contribution >= 0.6 is 0 Å². The first-order chi connectivity index (χ1) is 6.97. The molecule has 0 aliphatic rings. The number of hydrogen-bond acceptors (Lipinski definition) is 2.